The van der Waals surface area contributed by atoms with E-state index in [2.05, 4.69) is 14.9 Å². The molecule has 2 bridgehead atoms. The van der Waals surface area contributed by atoms with Gasteiger partial charge in [-0.2, -0.15) is 0 Å². The minimum absolute atomic E-state index is 0.188. The average Bonchev–Trinajstić information content (AvgIpc) is 2.64. The second-order valence-electron chi connectivity index (χ2n) is 5.02. The maximum absolute atomic E-state index is 11.5. The van der Waals surface area contributed by atoms with E-state index in [4.69, 9.17) is 0 Å². The Labute approximate surface area is 104 Å². The highest BCUT2D eigenvalue weighted by molar-refractivity contribution is 7.89. The molecule has 100 valence electrons. The molecule has 2 aliphatic heterocycles. The summed E-state index contributed by atoms with van der Waals surface area (Å²) >= 11 is 0. The number of nitrogens with zero attached hydrogens (tertiary/aromatic N) is 1. The number of fused-ring (bicyclic) bond motifs is 2. The molecular weight excluding hydrogens is 238 g/mol. The Bertz CT molecular complexity index is 345. The minimum Gasteiger partial charge on any atom is -0.313 e. The van der Waals surface area contributed by atoms with Crippen molar-refractivity contribution in [1.82, 2.24) is 14.9 Å². The first-order chi connectivity index (χ1) is 8.11. The predicted molar refractivity (Wildman–Crippen MR) is 68.4 cm³/mol. The lowest BCUT2D eigenvalue weighted by Crippen LogP contribution is -2.45. The third kappa shape index (κ3) is 3.64. The van der Waals surface area contributed by atoms with E-state index >= 15 is 0 Å². The summed E-state index contributed by atoms with van der Waals surface area (Å²) < 4.78 is 25.5. The van der Waals surface area contributed by atoms with Crippen LogP contribution in [0.25, 0.3) is 0 Å². The minimum atomic E-state index is -3.07. The molecule has 0 aromatic carbocycles. The van der Waals surface area contributed by atoms with Gasteiger partial charge in [0.15, 0.2) is 0 Å². The van der Waals surface area contributed by atoms with Crippen molar-refractivity contribution >= 4 is 10.0 Å². The van der Waals surface area contributed by atoms with E-state index in [1.165, 1.54) is 19.5 Å². The van der Waals surface area contributed by atoms with Gasteiger partial charge in [-0.15, -0.1) is 0 Å². The van der Waals surface area contributed by atoms with E-state index in [9.17, 15) is 8.42 Å². The van der Waals surface area contributed by atoms with Gasteiger partial charge in [-0.1, -0.05) is 6.92 Å². The summed E-state index contributed by atoms with van der Waals surface area (Å²) in [4.78, 5) is 2.50. The molecule has 17 heavy (non-hydrogen) atoms. The molecule has 5 nitrogen and oxygen atoms in total. The van der Waals surface area contributed by atoms with Crippen LogP contribution in [0, 0.1) is 5.92 Å². The lowest BCUT2D eigenvalue weighted by atomic mass is 9.94. The number of rotatable bonds is 6. The number of hydrogen-bond acceptors (Lipinski definition) is 4. The second kappa shape index (κ2) is 5.65. The molecule has 6 heteroatoms. The van der Waals surface area contributed by atoms with Gasteiger partial charge >= 0.3 is 0 Å². The Morgan fingerprint density at radius 1 is 1.29 bits per heavy atom. The third-order valence-corrected chi connectivity index (χ3v) is 5.25. The topological polar surface area (TPSA) is 61.4 Å². The SMILES string of the molecule is CCNS(=O)(=O)CCNC1CCN2CCC1C2. The molecule has 0 aliphatic carbocycles. The van der Waals surface area contributed by atoms with E-state index in [-0.39, 0.29) is 5.75 Å². The van der Waals surface area contributed by atoms with Crippen molar-refractivity contribution in [3.05, 3.63) is 0 Å². The van der Waals surface area contributed by atoms with Gasteiger partial charge in [0.05, 0.1) is 5.75 Å². The standard InChI is InChI=1S/C11H23N3O2S/c1-2-13-17(15,16)8-5-12-11-4-7-14-6-3-10(11)9-14/h10-13H,2-9H2,1H3. The van der Waals surface area contributed by atoms with Crippen LogP contribution in [0.5, 0.6) is 0 Å². The highest BCUT2D eigenvalue weighted by Crippen LogP contribution is 2.26. The van der Waals surface area contributed by atoms with Gasteiger partial charge in [0.2, 0.25) is 10.0 Å². The van der Waals surface area contributed by atoms with Crippen LogP contribution in [-0.4, -0.2) is 57.8 Å². The van der Waals surface area contributed by atoms with Crippen LogP contribution in [0.3, 0.4) is 0 Å². The summed E-state index contributed by atoms with van der Waals surface area (Å²) in [6.45, 7) is 6.42. The molecule has 0 aromatic heterocycles. The van der Waals surface area contributed by atoms with Crippen molar-refractivity contribution in [2.45, 2.75) is 25.8 Å². The average molecular weight is 261 g/mol. The fourth-order valence-corrected chi connectivity index (χ4v) is 3.86. The first kappa shape index (κ1) is 13.3. The van der Waals surface area contributed by atoms with Crippen LogP contribution >= 0.6 is 0 Å². The first-order valence-corrected chi connectivity index (χ1v) is 8.19. The summed E-state index contributed by atoms with van der Waals surface area (Å²) in [6, 6.07) is 0.519. The molecule has 0 saturated carbocycles. The van der Waals surface area contributed by atoms with Crippen molar-refractivity contribution in [2.24, 2.45) is 5.92 Å². The van der Waals surface area contributed by atoms with Crippen molar-refractivity contribution in [3.8, 4) is 0 Å². The van der Waals surface area contributed by atoms with Crippen molar-refractivity contribution in [1.29, 1.82) is 0 Å². The monoisotopic (exact) mass is 261 g/mol. The zero-order chi connectivity index (χ0) is 12.3. The molecule has 2 rings (SSSR count). The number of piperidine rings is 1. The molecule has 2 N–H and O–H groups in total. The van der Waals surface area contributed by atoms with Gasteiger partial charge in [0, 0.05) is 25.7 Å². The van der Waals surface area contributed by atoms with Crippen molar-refractivity contribution in [2.75, 3.05) is 38.5 Å². The normalized spacial score (nSPS) is 32.9. The van der Waals surface area contributed by atoms with Crippen LogP contribution in [-0.2, 0) is 10.0 Å². The second-order valence-corrected chi connectivity index (χ2v) is 6.94. The zero-order valence-electron chi connectivity index (χ0n) is 10.5. The Kier molecular flexibility index (Phi) is 4.41. The maximum atomic E-state index is 11.5. The molecule has 2 heterocycles. The Hall–Kier alpha value is -0.170. The molecule has 3 atom stereocenters. The summed E-state index contributed by atoms with van der Waals surface area (Å²) in [7, 11) is -3.07. The lowest BCUT2D eigenvalue weighted by molar-refractivity contribution is 0.223. The molecule has 0 spiro atoms. The van der Waals surface area contributed by atoms with Crippen LogP contribution in [0.4, 0.5) is 0 Å². The van der Waals surface area contributed by atoms with Crippen LogP contribution in [0.1, 0.15) is 19.8 Å². The summed E-state index contributed by atoms with van der Waals surface area (Å²) in [6.07, 6.45) is 2.42. The van der Waals surface area contributed by atoms with Crippen molar-refractivity contribution < 1.29 is 8.42 Å². The van der Waals surface area contributed by atoms with Crippen LogP contribution in [0.15, 0.2) is 0 Å². The molecule has 2 saturated heterocycles. The molecule has 2 fully saturated rings. The Morgan fingerprint density at radius 3 is 2.82 bits per heavy atom. The Morgan fingerprint density at radius 2 is 2.06 bits per heavy atom. The summed E-state index contributed by atoms with van der Waals surface area (Å²) in [5, 5.41) is 3.42. The molecule has 3 unspecified atom stereocenters. The van der Waals surface area contributed by atoms with E-state index in [1.54, 1.807) is 6.92 Å². The van der Waals surface area contributed by atoms with Gasteiger partial charge in [0.25, 0.3) is 0 Å². The lowest BCUT2D eigenvalue weighted by Gasteiger charge is -2.31. The first-order valence-electron chi connectivity index (χ1n) is 6.54. The summed E-state index contributed by atoms with van der Waals surface area (Å²) in [5.41, 5.74) is 0. The van der Waals surface area contributed by atoms with Gasteiger partial charge in [-0.3, -0.25) is 0 Å². The molecule has 2 aliphatic rings. The van der Waals surface area contributed by atoms with Crippen LogP contribution in [0.2, 0.25) is 0 Å². The van der Waals surface area contributed by atoms with Gasteiger partial charge < -0.3 is 10.2 Å². The highest BCUT2D eigenvalue weighted by Gasteiger charge is 2.33. The molecule has 0 aromatic rings. The highest BCUT2D eigenvalue weighted by atomic mass is 32.2. The van der Waals surface area contributed by atoms with Gasteiger partial charge in [-0.05, 0) is 31.8 Å². The van der Waals surface area contributed by atoms with Gasteiger partial charge in [0.1, 0.15) is 0 Å². The van der Waals surface area contributed by atoms with Crippen molar-refractivity contribution in [3.63, 3.8) is 0 Å². The fraction of sp³-hybridized carbons (Fsp3) is 1.00. The predicted octanol–water partition coefficient (Wildman–Crippen LogP) is -0.390. The third-order valence-electron chi connectivity index (χ3n) is 3.78. The zero-order valence-corrected chi connectivity index (χ0v) is 11.3. The van der Waals surface area contributed by atoms with Gasteiger partial charge in [-0.25, -0.2) is 13.1 Å². The Balaban J connectivity index is 1.72. The quantitative estimate of drug-likeness (QED) is 0.683. The number of sulfonamides is 1. The molecule has 0 amide bonds. The van der Waals surface area contributed by atoms with E-state index in [1.807, 2.05) is 0 Å². The number of nitrogens with one attached hydrogen (secondary N) is 2. The van der Waals surface area contributed by atoms with E-state index in [0.29, 0.717) is 19.1 Å². The summed E-state index contributed by atoms with van der Waals surface area (Å²) in [5.74, 6) is 0.916. The maximum Gasteiger partial charge on any atom is 0.212 e. The smallest absolute Gasteiger partial charge is 0.212 e. The number of hydrogen-bond donors (Lipinski definition) is 2. The van der Waals surface area contributed by atoms with Crippen LogP contribution < -0.4 is 10.0 Å². The molecule has 0 radical (unpaired) electrons. The largest absolute Gasteiger partial charge is 0.313 e. The van der Waals surface area contributed by atoms with E-state index in [0.717, 1.165) is 18.9 Å². The van der Waals surface area contributed by atoms with E-state index < -0.39 is 10.0 Å². The molecular formula is C11H23N3O2S. The fourth-order valence-electron chi connectivity index (χ4n) is 2.89.